The largest absolute Gasteiger partial charge is 0.350 e. The van der Waals surface area contributed by atoms with Gasteiger partial charge in [0.25, 0.3) is 0 Å². The molecule has 1 rings (SSSR count). The van der Waals surface area contributed by atoms with Gasteiger partial charge in [0.1, 0.15) is 0 Å². The fraction of sp³-hybridized carbons (Fsp3) is 0.571. The molecular formula is C14H23N3O. The first-order valence-corrected chi connectivity index (χ1v) is 6.31. The molecule has 4 nitrogen and oxygen atoms in total. The molecule has 1 amide bonds. The first-order valence-electron chi connectivity index (χ1n) is 6.31. The highest BCUT2D eigenvalue weighted by Gasteiger charge is 2.09. The fourth-order valence-corrected chi connectivity index (χ4v) is 1.63. The molecule has 0 saturated heterocycles. The van der Waals surface area contributed by atoms with Gasteiger partial charge in [-0.3, -0.25) is 9.48 Å². The molecule has 0 bridgehead atoms. The summed E-state index contributed by atoms with van der Waals surface area (Å²) >= 11 is 0. The molecule has 1 heterocycles. The van der Waals surface area contributed by atoms with Crippen LogP contribution in [0, 0.1) is 19.8 Å². The Hall–Kier alpha value is -1.58. The number of nitrogens with one attached hydrogen (secondary N) is 1. The zero-order valence-electron chi connectivity index (χ0n) is 12.1. The second-order valence-electron chi connectivity index (χ2n) is 5.08. The van der Waals surface area contributed by atoms with E-state index >= 15 is 0 Å². The summed E-state index contributed by atoms with van der Waals surface area (Å²) in [6.07, 6.45) is 3.41. The van der Waals surface area contributed by atoms with Crippen molar-refractivity contribution < 1.29 is 4.79 Å². The molecule has 0 spiro atoms. The third-order valence-corrected chi connectivity index (χ3v) is 3.34. The van der Waals surface area contributed by atoms with E-state index in [1.165, 1.54) is 0 Å². The van der Waals surface area contributed by atoms with Gasteiger partial charge in [-0.05, 0) is 32.8 Å². The Kier molecular flexibility index (Phi) is 4.70. The van der Waals surface area contributed by atoms with Crippen LogP contribution < -0.4 is 5.32 Å². The highest BCUT2D eigenvalue weighted by Crippen LogP contribution is 2.13. The number of amides is 1. The van der Waals surface area contributed by atoms with Gasteiger partial charge in [0, 0.05) is 30.4 Å². The highest BCUT2D eigenvalue weighted by atomic mass is 16.1. The number of aryl methyl sites for hydroxylation is 2. The van der Waals surface area contributed by atoms with E-state index in [2.05, 4.69) is 24.3 Å². The Morgan fingerprint density at radius 2 is 1.94 bits per heavy atom. The lowest BCUT2D eigenvalue weighted by Crippen LogP contribution is -2.34. The Labute approximate surface area is 109 Å². The molecule has 0 saturated carbocycles. The minimum absolute atomic E-state index is 0.0566. The summed E-state index contributed by atoms with van der Waals surface area (Å²) in [6.45, 7) is 10.1. The number of nitrogens with zero attached hydrogens (tertiary/aromatic N) is 2. The third-order valence-electron chi connectivity index (χ3n) is 3.34. The van der Waals surface area contributed by atoms with Gasteiger partial charge in [-0.2, -0.15) is 5.10 Å². The van der Waals surface area contributed by atoms with Gasteiger partial charge >= 0.3 is 0 Å². The topological polar surface area (TPSA) is 46.9 Å². The molecule has 0 fully saturated rings. The van der Waals surface area contributed by atoms with Crippen LogP contribution in [-0.2, 0) is 11.8 Å². The zero-order valence-corrected chi connectivity index (χ0v) is 12.1. The lowest BCUT2D eigenvalue weighted by Gasteiger charge is -2.15. The van der Waals surface area contributed by atoms with Crippen LogP contribution in [0.1, 0.15) is 37.7 Å². The molecule has 100 valence electrons. The molecule has 0 aliphatic rings. The van der Waals surface area contributed by atoms with E-state index in [-0.39, 0.29) is 11.9 Å². The zero-order chi connectivity index (χ0) is 13.9. The molecule has 1 aromatic heterocycles. The second-order valence-corrected chi connectivity index (χ2v) is 5.08. The van der Waals surface area contributed by atoms with Crippen LogP contribution in [0.3, 0.4) is 0 Å². The van der Waals surface area contributed by atoms with E-state index in [9.17, 15) is 4.79 Å². The van der Waals surface area contributed by atoms with Crippen molar-refractivity contribution in [2.24, 2.45) is 13.0 Å². The molecule has 0 aliphatic heterocycles. The first-order chi connectivity index (χ1) is 8.32. The minimum atomic E-state index is -0.0566. The fourth-order valence-electron chi connectivity index (χ4n) is 1.63. The van der Waals surface area contributed by atoms with Crippen LogP contribution in [0.4, 0.5) is 0 Å². The Morgan fingerprint density at radius 3 is 2.39 bits per heavy atom. The summed E-state index contributed by atoms with van der Waals surface area (Å²) in [5.41, 5.74) is 3.02. The number of aromatic nitrogens is 2. The number of hydrogen-bond acceptors (Lipinski definition) is 2. The van der Waals surface area contributed by atoms with E-state index < -0.39 is 0 Å². The first kappa shape index (κ1) is 14.5. The highest BCUT2D eigenvalue weighted by molar-refractivity contribution is 5.92. The summed E-state index contributed by atoms with van der Waals surface area (Å²) in [5.74, 6) is 0.378. The maximum absolute atomic E-state index is 11.7. The predicted molar refractivity (Wildman–Crippen MR) is 74.2 cm³/mol. The van der Waals surface area contributed by atoms with Crippen molar-refractivity contribution in [3.8, 4) is 0 Å². The normalized spacial score (nSPS) is 13.3. The van der Waals surface area contributed by atoms with E-state index in [0.717, 1.165) is 17.0 Å². The van der Waals surface area contributed by atoms with Gasteiger partial charge in [-0.25, -0.2) is 0 Å². The number of carbonyl (C=O) groups is 1. The van der Waals surface area contributed by atoms with Crippen molar-refractivity contribution in [2.45, 2.75) is 40.7 Å². The van der Waals surface area contributed by atoms with Gasteiger partial charge in [0.15, 0.2) is 0 Å². The monoisotopic (exact) mass is 249 g/mol. The Morgan fingerprint density at radius 1 is 1.33 bits per heavy atom. The third kappa shape index (κ3) is 3.45. The summed E-state index contributed by atoms with van der Waals surface area (Å²) < 4.78 is 1.82. The van der Waals surface area contributed by atoms with Crippen molar-refractivity contribution >= 4 is 12.0 Å². The predicted octanol–water partition coefficient (Wildman–Crippen LogP) is 2.21. The van der Waals surface area contributed by atoms with Crippen LogP contribution in [-0.4, -0.2) is 21.7 Å². The van der Waals surface area contributed by atoms with Gasteiger partial charge in [0.05, 0.1) is 5.69 Å². The summed E-state index contributed by atoms with van der Waals surface area (Å²) in [6, 6.07) is 0.179. The van der Waals surface area contributed by atoms with Crippen LogP contribution in [0.15, 0.2) is 6.08 Å². The van der Waals surface area contributed by atoms with Crippen LogP contribution in [0.5, 0.6) is 0 Å². The molecule has 1 aromatic rings. The van der Waals surface area contributed by atoms with Crippen LogP contribution >= 0.6 is 0 Å². The molecule has 4 heteroatoms. The second kappa shape index (κ2) is 5.85. The van der Waals surface area contributed by atoms with E-state index in [0.29, 0.717) is 5.92 Å². The van der Waals surface area contributed by atoms with Crippen molar-refractivity contribution in [2.75, 3.05) is 0 Å². The number of carbonyl (C=O) groups excluding carboxylic acids is 1. The molecular weight excluding hydrogens is 226 g/mol. The van der Waals surface area contributed by atoms with Gasteiger partial charge in [0.2, 0.25) is 5.91 Å². The number of rotatable bonds is 4. The van der Waals surface area contributed by atoms with Crippen molar-refractivity contribution in [3.05, 3.63) is 23.0 Å². The van der Waals surface area contributed by atoms with E-state index in [1.807, 2.05) is 38.6 Å². The molecule has 1 atom stereocenters. The lowest BCUT2D eigenvalue weighted by atomic mass is 10.1. The molecule has 0 radical (unpaired) electrons. The van der Waals surface area contributed by atoms with Crippen LogP contribution in [0.2, 0.25) is 0 Å². The van der Waals surface area contributed by atoms with Crippen molar-refractivity contribution in [1.82, 2.24) is 15.1 Å². The lowest BCUT2D eigenvalue weighted by molar-refractivity contribution is -0.117. The summed E-state index contributed by atoms with van der Waals surface area (Å²) in [5, 5.41) is 7.25. The molecule has 0 aromatic carbocycles. The van der Waals surface area contributed by atoms with Crippen LogP contribution in [0.25, 0.3) is 6.08 Å². The molecule has 0 aliphatic carbocycles. The van der Waals surface area contributed by atoms with Crippen molar-refractivity contribution in [3.63, 3.8) is 0 Å². The smallest absolute Gasteiger partial charge is 0.244 e. The Balaban J connectivity index is 2.72. The van der Waals surface area contributed by atoms with Gasteiger partial charge in [-0.1, -0.05) is 13.8 Å². The quantitative estimate of drug-likeness (QED) is 0.832. The maximum atomic E-state index is 11.7. The SMILES string of the molecule is Cc1nn(C)c(C)c1/C=C/C(=O)NC(C)C(C)C. The number of hydrogen-bond donors (Lipinski definition) is 1. The summed E-state index contributed by atoms with van der Waals surface area (Å²) in [7, 11) is 1.90. The molecule has 1 unspecified atom stereocenters. The van der Waals surface area contributed by atoms with Crippen molar-refractivity contribution in [1.29, 1.82) is 0 Å². The average Bonchev–Trinajstić information content (AvgIpc) is 2.51. The average molecular weight is 249 g/mol. The Bertz CT molecular complexity index is 458. The van der Waals surface area contributed by atoms with E-state index in [1.54, 1.807) is 6.08 Å². The molecule has 1 N–H and O–H groups in total. The van der Waals surface area contributed by atoms with E-state index in [4.69, 9.17) is 0 Å². The molecule has 18 heavy (non-hydrogen) atoms. The summed E-state index contributed by atoms with van der Waals surface area (Å²) in [4.78, 5) is 11.7. The van der Waals surface area contributed by atoms with Gasteiger partial charge < -0.3 is 5.32 Å². The standard InChI is InChI=1S/C14H23N3O/c1-9(2)10(3)15-14(18)8-7-13-11(4)16-17(6)12(13)5/h7-10H,1-6H3,(H,15,18)/b8-7+. The minimum Gasteiger partial charge on any atom is -0.350 e. The maximum Gasteiger partial charge on any atom is 0.244 e. The van der Waals surface area contributed by atoms with Gasteiger partial charge in [-0.15, -0.1) is 0 Å².